The van der Waals surface area contributed by atoms with Crippen LogP contribution in [0, 0.1) is 5.82 Å². The molecule has 0 spiro atoms. The number of nitrogens with one attached hydrogen (secondary N) is 1. The first kappa shape index (κ1) is 16.9. The van der Waals surface area contributed by atoms with E-state index < -0.39 is 0 Å². The molecular weight excluding hydrogens is 257 g/mol. The van der Waals surface area contributed by atoms with Crippen LogP contribution in [-0.4, -0.2) is 24.9 Å². The predicted molar refractivity (Wildman–Crippen MR) is 79.6 cm³/mol. The van der Waals surface area contributed by atoms with E-state index in [-0.39, 0.29) is 17.2 Å². The number of hydrogen-bond donors (Lipinski definition) is 1. The fourth-order valence-electron chi connectivity index (χ4n) is 1.59. The average Bonchev–Trinajstić information content (AvgIpc) is 2.32. The topological polar surface area (TPSA) is 30.5 Å². The van der Waals surface area contributed by atoms with Crippen LogP contribution in [0.15, 0.2) is 18.2 Å². The van der Waals surface area contributed by atoms with Crippen LogP contribution in [-0.2, 0) is 11.3 Å². The van der Waals surface area contributed by atoms with E-state index >= 15 is 0 Å². The molecule has 0 atom stereocenters. The molecule has 1 rings (SSSR count). The quantitative estimate of drug-likeness (QED) is 0.777. The molecule has 0 heterocycles. The van der Waals surface area contributed by atoms with E-state index in [1.165, 1.54) is 6.07 Å². The Morgan fingerprint density at radius 2 is 1.90 bits per heavy atom. The van der Waals surface area contributed by atoms with Crippen LogP contribution in [0.2, 0.25) is 0 Å². The van der Waals surface area contributed by atoms with Gasteiger partial charge in [0.05, 0.1) is 12.2 Å². The molecule has 1 N–H and O–H groups in total. The molecule has 3 nitrogen and oxygen atoms in total. The highest BCUT2D eigenvalue weighted by Gasteiger charge is 2.10. The van der Waals surface area contributed by atoms with Gasteiger partial charge in [-0.25, -0.2) is 4.39 Å². The van der Waals surface area contributed by atoms with Gasteiger partial charge in [-0.15, -0.1) is 0 Å². The van der Waals surface area contributed by atoms with Crippen molar-refractivity contribution < 1.29 is 13.9 Å². The van der Waals surface area contributed by atoms with Crippen LogP contribution in [0.4, 0.5) is 4.39 Å². The highest BCUT2D eigenvalue weighted by Crippen LogP contribution is 2.18. The molecule has 0 unspecified atom stereocenters. The van der Waals surface area contributed by atoms with Gasteiger partial charge >= 0.3 is 0 Å². The van der Waals surface area contributed by atoms with Gasteiger partial charge in [-0.3, -0.25) is 0 Å². The summed E-state index contributed by atoms with van der Waals surface area (Å²) in [4.78, 5) is 0. The standard InChI is InChI=1S/C16H26FNO2/c1-12(2)18-11-13-6-7-15(14(17)10-13)19-8-9-20-16(3,4)5/h6-7,10,12,18H,8-9,11H2,1-5H3. The maximum absolute atomic E-state index is 13.8. The summed E-state index contributed by atoms with van der Waals surface area (Å²) in [6.45, 7) is 11.5. The van der Waals surface area contributed by atoms with Crippen LogP contribution in [0.25, 0.3) is 0 Å². The Hall–Kier alpha value is -1.13. The van der Waals surface area contributed by atoms with E-state index in [4.69, 9.17) is 9.47 Å². The van der Waals surface area contributed by atoms with Gasteiger partial charge in [0.1, 0.15) is 6.61 Å². The Labute approximate surface area is 121 Å². The van der Waals surface area contributed by atoms with Crippen molar-refractivity contribution in [2.45, 2.75) is 52.8 Å². The molecule has 0 aliphatic heterocycles. The van der Waals surface area contributed by atoms with Crippen molar-refractivity contribution in [1.82, 2.24) is 5.32 Å². The van der Waals surface area contributed by atoms with Gasteiger partial charge in [0, 0.05) is 12.6 Å². The summed E-state index contributed by atoms with van der Waals surface area (Å²) < 4.78 is 24.8. The lowest BCUT2D eigenvalue weighted by Crippen LogP contribution is -2.23. The van der Waals surface area contributed by atoms with Gasteiger partial charge in [0.15, 0.2) is 11.6 Å². The molecule has 0 amide bonds. The average molecular weight is 283 g/mol. The monoisotopic (exact) mass is 283 g/mol. The van der Waals surface area contributed by atoms with Crippen molar-refractivity contribution in [2.75, 3.05) is 13.2 Å². The second-order valence-corrected chi connectivity index (χ2v) is 6.11. The van der Waals surface area contributed by atoms with Gasteiger partial charge in [-0.2, -0.15) is 0 Å². The molecule has 20 heavy (non-hydrogen) atoms. The molecule has 4 heteroatoms. The Bertz CT molecular complexity index is 413. The minimum atomic E-state index is -0.330. The first-order valence-corrected chi connectivity index (χ1v) is 7.06. The van der Waals surface area contributed by atoms with E-state index in [1.54, 1.807) is 6.07 Å². The Kier molecular flexibility index (Phi) is 6.43. The van der Waals surface area contributed by atoms with Gasteiger partial charge in [0.25, 0.3) is 0 Å². The molecule has 0 bridgehead atoms. The first-order chi connectivity index (χ1) is 9.28. The number of benzene rings is 1. The van der Waals surface area contributed by atoms with Gasteiger partial charge in [0.2, 0.25) is 0 Å². The van der Waals surface area contributed by atoms with E-state index in [1.807, 2.05) is 26.8 Å². The third-order valence-corrected chi connectivity index (χ3v) is 2.59. The zero-order valence-electron chi connectivity index (χ0n) is 13.1. The van der Waals surface area contributed by atoms with Crippen LogP contribution in [0.1, 0.15) is 40.2 Å². The highest BCUT2D eigenvalue weighted by molar-refractivity contribution is 5.29. The molecular formula is C16H26FNO2. The normalized spacial score (nSPS) is 11.9. The van der Waals surface area contributed by atoms with Gasteiger partial charge < -0.3 is 14.8 Å². The van der Waals surface area contributed by atoms with Crippen molar-refractivity contribution in [3.8, 4) is 5.75 Å². The summed E-state index contributed by atoms with van der Waals surface area (Å²) in [6.07, 6.45) is 0. The molecule has 0 radical (unpaired) electrons. The van der Waals surface area contributed by atoms with E-state index in [0.717, 1.165) is 5.56 Å². The molecule has 0 aliphatic rings. The third-order valence-electron chi connectivity index (χ3n) is 2.59. The summed E-state index contributed by atoms with van der Waals surface area (Å²) in [6, 6.07) is 5.43. The molecule has 0 aliphatic carbocycles. The first-order valence-electron chi connectivity index (χ1n) is 7.06. The summed E-state index contributed by atoms with van der Waals surface area (Å²) in [7, 11) is 0. The van der Waals surface area contributed by atoms with Gasteiger partial charge in [-0.1, -0.05) is 19.9 Å². The van der Waals surface area contributed by atoms with Crippen molar-refractivity contribution in [3.05, 3.63) is 29.6 Å². The van der Waals surface area contributed by atoms with Crippen molar-refractivity contribution in [1.29, 1.82) is 0 Å². The second-order valence-electron chi connectivity index (χ2n) is 6.11. The molecule has 1 aromatic carbocycles. The number of rotatable bonds is 7. The van der Waals surface area contributed by atoms with Crippen LogP contribution in [0.5, 0.6) is 5.75 Å². The lowest BCUT2D eigenvalue weighted by molar-refractivity contribution is -0.0166. The molecule has 0 aromatic heterocycles. The zero-order valence-corrected chi connectivity index (χ0v) is 13.1. The van der Waals surface area contributed by atoms with Crippen molar-refractivity contribution >= 4 is 0 Å². The maximum atomic E-state index is 13.8. The molecule has 114 valence electrons. The SMILES string of the molecule is CC(C)NCc1ccc(OCCOC(C)(C)C)c(F)c1. The molecule has 0 saturated carbocycles. The fourth-order valence-corrected chi connectivity index (χ4v) is 1.59. The van der Waals surface area contributed by atoms with Gasteiger partial charge in [-0.05, 0) is 38.5 Å². The molecule has 0 saturated heterocycles. The summed E-state index contributed by atoms with van der Waals surface area (Å²) >= 11 is 0. The molecule has 1 aromatic rings. The maximum Gasteiger partial charge on any atom is 0.165 e. The number of halogens is 1. The van der Waals surface area contributed by atoms with E-state index in [0.29, 0.717) is 25.8 Å². The van der Waals surface area contributed by atoms with Crippen molar-refractivity contribution in [3.63, 3.8) is 0 Å². The molecule has 0 fully saturated rings. The second kappa shape index (κ2) is 7.60. The summed E-state index contributed by atoms with van der Waals surface area (Å²) in [5.41, 5.74) is 0.711. The minimum Gasteiger partial charge on any atom is -0.488 e. The number of hydrogen-bond acceptors (Lipinski definition) is 3. The van der Waals surface area contributed by atoms with Crippen LogP contribution >= 0.6 is 0 Å². The Morgan fingerprint density at radius 1 is 1.20 bits per heavy atom. The van der Waals surface area contributed by atoms with Crippen LogP contribution < -0.4 is 10.1 Å². The summed E-state index contributed by atoms with van der Waals surface area (Å²) in [5, 5.41) is 3.25. The smallest absolute Gasteiger partial charge is 0.165 e. The predicted octanol–water partition coefficient (Wildman–Crippen LogP) is 3.52. The van der Waals surface area contributed by atoms with Crippen molar-refractivity contribution in [2.24, 2.45) is 0 Å². The zero-order chi connectivity index (χ0) is 15.2. The third kappa shape index (κ3) is 6.87. The Balaban J connectivity index is 2.43. The Morgan fingerprint density at radius 3 is 2.45 bits per heavy atom. The number of ether oxygens (including phenoxy) is 2. The minimum absolute atomic E-state index is 0.200. The van der Waals surface area contributed by atoms with E-state index in [2.05, 4.69) is 19.2 Å². The fraction of sp³-hybridized carbons (Fsp3) is 0.625. The largest absolute Gasteiger partial charge is 0.488 e. The lowest BCUT2D eigenvalue weighted by Gasteiger charge is -2.19. The van der Waals surface area contributed by atoms with Crippen LogP contribution in [0.3, 0.4) is 0 Å². The lowest BCUT2D eigenvalue weighted by atomic mass is 10.2. The summed E-state index contributed by atoms with van der Waals surface area (Å²) in [5.74, 6) is -0.0559. The van der Waals surface area contributed by atoms with E-state index in [9.17, 15) is 4.39 Å². The highest BCUT2D eigenvalue weighted by atomic mass is 19.1.